The molecule has 0 aliphatic heterocycles. The van der Waals surface area contributed by atoms with E-state index in [1.54, 1.807) is 23.7 Å². The van der Waals surface area contributed by atoms with Crippen LogP contribution in [0.5, 0.6) is 0 Å². The fourth-order valence-electron chi connectivity index (χ4n) is 2.25. The summed E-state index contributed by atoms with van der Waals surface area (Å²) < 4.78 is 0. The minimum Gasteiger partial charge on any atom is -0.345 e. The standard InChI is InChI=1S/C18H16N2OS.CH4/c1-13(14-6-3-2-4-7-14)20-18(21)16-10-15(11-19-12-16)17-8-5-9-22-17;/h2-13H,1H3,(H,20,21);1H4/t13-;/m1./s1. The van der Waals surface area contributed by atoms with Gasteiger partial charge in [0.25, 0.3) is 5.91 Å². The van der Waals surface area contributed by atoms with Gasteiger partial charge in [-0.2, -0.15) is 0 Å². The summed E-state index contributed by atoms with van der Waals surface area (Å²) in [5, 5.41) is 5.02. The van der Waals surface area contributed by atoms with Crippen molar-refractivity contribution in [3.05, 3.63) is 77.4 Å². The summed E-state index contributed by atoms with van der Waals surface area (Å²) in [5.41, 5.74) is 2.63. The topological polar surface area (TPSA) is 42.0 Å². The first-order valence-electron chi connectivity index (χ1n) is 7.09. The second-order valence-corrected chi connectivity index (χ2v) is 5.99. The summed E-state index contributed by atoms with van der Waals surface area (Å²) in [6, 6.07) is 15.8. The third-order valence-corrected chi connectivity index (χ3v) is 4.37. The van der Waals surface area contributed by atoms with Crippen LogP contribution < -0.4 is 5.32 Å². The van der Waals surface area contributed by atoms with Crippen LogP contribution >= 0.6 is 11.3 Å². The molecule has 0 bridgehead atoms. The van der Waals surface area contributed by atoms with Crippen LogP contribution in [-0.4, -0.2) is 10.9 Å². The normalized spacial score (nSPS) is 11.3. The second kappa shape index (κ2) is 7.70. The first-order chi connectivity index (χ1) is 10.7. The van der Waals surface area contributed by atoms with Gasteiger partial charge in [-0.1, -0.05) is 43.8 Å². The Kier molecular flexibility index (Phi) is 5.66. The van der Waals surface area contributed by atoms with Crippen molar-refractivity contribution >= 4 is 17.2 Å². The van der Waals surface area contributed by atoms with Gasteiger partial charge in [-0.3, -0.25) is 9.78 Å². The molecule has 0 aliphatic carbocycles. The molecule has 0 spiro atoms. The summed E-state index contributed by atoms with van der Waals surface area (Å²) in [5.74, 6) is -0.109. The van der Waals surface area contributed by atoms with Crippen LogP contribution in [0.1, 0.15) is 36.3 Å². The molecule has 0 unspecified atom stereocenters. The van der Waals surface area contributed by atoms with E-state index >= 15 is 0 Å². The Hall–Kier alpha value is -2.46. The number of amides is 1. The first-order valence-corrected chi connectivity index (χ1v) is 7.97. The van der Waals surface area contributed by atoms with E-state index in [0.29, 0.717) is 5.56 Å². The fraction of sp³-hybridized carbons (Fsp3) is 0.158. The molecule has 2 heterocycles. The van der Waals surface area contributed by atoms with Gasteiger partial charge < -0.3 is 5.32 Å². The van der Waals surface area contributed by atoms with E-state index in [1.807, 2.05) is 60.8 Å². The first kappa shape index (κ1) is 16.9. The number of nitrogens with zero attached hydrogens (tertiary/aromatic N) is 1. The summed E-state index contributed by atoms with van der Waals surface area (Å²) in [7, 11) is 0. The van der Waals surface area contributed by atoms with Crippen LogP contribution in [0.2, 0.25) is 0 Å². The number of carbonyl (C=O) groups excluding carboxylic acids is 1. The number of nitrogens with one attached hydrogen (secondary N) is 1. The number of hydrogen-bond acceptors (Lipinski definition) is 3. The van der Waals surface area contributed by atoms with E-state index < -0.39 is 0 Å². The van der Waals surface area contributed by atoms with Crippen molar-refractivity contribution in [1.82, 2.24) is 10.3 Å². The van der Waals surface area contributed by atoms with Crippen LogP contribution in [0.4, 0.5) is 0 Å². The molecule has 0 radical (unpaired) electrons. The van der Waals surface area contributed by atoms with E-state index in [-0.39, 0.29) is 19.4 Å². The molecule has 1 amide bonds. The molecular weight excluding hydrogens is 304 g/mol. The largest absolute Gasteiger partial charge is 0.345 e. The van der Waals surface area contributed by atoms with E-state index in [0.717, 1.165) is 16.0 Å². The van der Waals surface area contributed by atoms with Gasteiger partial charge in [0.1, 0.15) is 0 Å². The Balaban J connectivity index is 0.00000192. The van der Waals surface area contributed by atoms with Crippen molar-refractivity contribution in [2.75, 3.05) is 0 Å². The maximum atomic E-state index is 12.4. The Morgan fingerprint density at radius 2 is 1.91 bits per heavy atom. The van der Waals surface area contributed by atoms with Crippen LogP contribution in [0.25, 0.3) is 10.4 Å². The van der Waals surface area contributed by atoms with Gasteiger partial charge in [0.2, 0.25) is 0 Å². The van der Waals surface area contributed by atoms with E-state index in [1.165, 1.54) is 0 Å². The quantitative estimate of drug-likeness (QED) is 0.739. The van der Waals surface area contributed by atoms with Crippen molar-refractivity contribution < 1.29 is 4.79 Å². The minimum atomic E-state index is -0.109. The molecule has 118 valence electrons. The molecule has 3 aromatic rings. The average Bonchev–Trinajstić information content (AvgIpc) is 3.10. The zero-order chi connectivity index (χ0) is 15.4. The molecule has 2 aromatic heterocycles. The zero-order valence-electron chi connectivity index (χ0n) is 12.2. The third kappa shape index (κ3) is 4.05. The molecule has 0 saturated carbocycles. The highest BCUT2D eigenvalue weighted by atomic mass is 32.1. The zero-order valence-corrected chi connectivity index (χ0v) is 13.0. The number of rotatable bonds is 4. The maximum Gasteiger partial charge on any atom is 0.253 e. The van der Waals surface area contributed by atoms with E-state index in [4.69, 9.17) is 0 Å². The highest BCUT2D eigenvalue weighted by Crippen LogP contribution is 2.24. The summed E-state index contributed by atoms with van der Waals surface area (Å²) >= 11 is 1.64. The lowest BCUT2D eigenvalue weighted by Crippen LogP contribution is -2.26. The molecule has 4 heteroatoms. The minimum absolute atomic E-state index is 0. The number of pyridine rings is 1. The Bertz CT molecular complexity index is 754. The van der Waals surface area contributed by atoms with Gasteiger partial charge in [-0.15, -0.1) is 11.3 Å². The second-order valence-electron chi connectivity index (χ2n) is 5.05. The van der Waals surface area contributed by atoms with Gasteiger partial charge in [-0.05, 0) is 30.0 Å². The number of hydrogen-bond donors (Lipinski definition) is 1. The average molecular weight is 324 g/mol. The van der Waals surface area contributed by atoms with Crippen LogP contribution in [0.15, 0.2) is 66.3 Å². The predicted octanol–water partition coefficient (Wildman–Crippen LogP) is 4.94. The lowest BCUT2D eigenvalue weighted by molar-refractivity contribution is 0.0939. The highest BCUT2D eigenvalue weighted by molar-refractivity contribution is 7.13. The molecule has 1 N–H and O–H groups in total. The smallest absolute Gasteiger partial charge is 0.253 e. The molecule has 23 heavy (non-hydrogen) atoms. The summed E-state index contributed by atoms with van der Waals surface area (Å²) in [4.78, 5) is 17.7. The molecule has 3 nitrogen and oxygen atoms in total. The van der Waals surface area contributed by atoms with Gasteiger partial charge in [-0.25, -0.2) is 0 Å². The monoisotopic (exact) mass is 324 g/mol. The van der Waals surface area contributed by atoms with Gasteiger partial charge in [0.05, 0.1) is 11.6 Å². The lowest BCUT2D eigenvalue weighted by Gasteiger charge is -2.14. The molecule has 0 aliphatic rings. The number of benzene rings is 1. The fourth-order valence-corrected chi connectivity index (χ4v) is 2.96. The molecule has 3 rings (SSSR count). The molecule has 1 atom stereocenters. The van der Waals surface area contributed by atoms with Crippen LogP contribution in [0.3, 0.4) is 0 Å². The van der Waals surface area contributed by atoms with E-state index in [9.17, 15) is 4.79 Å². The van der Waals surface area contributed by atoms with Crippen molar-refractivity contribution in [1.29, 1.82) is 0 Å². The lowest BCUT2D eigenvalue weighted by atomic mass is 10.1. The van der Waals surface area contributed by atoms with Gasteiger partial charge >= 0.3 is 0 Å². The Labute approximate surface area is 141 Å². The molecule has 0 saturated heterocycles. The molecular formula is C19H20N2OS. The van der Waals surface area contributed by atoms with Crippen LogP contribution in [0, 0.1) is 0 Å². The summed E-state index contributed by atoms with van der Waals surface area (Å²) in [6.45, 7) is 1.98. The van der Waals surface area contributed by atoms with Gasteiger partial charge in [0.15, 0.2) is 0 Å². The Morgan fingerprint density at radius 3 is 2.61 bits per heavy atom. The van der Waals surface area contributed by atoms with Crippen molar-refractivity contribution in [3.63, 3.8) is 0 Å². The van der Waals surface area contributed by atoms with Crippen molar-refractivity contribution in [2.24, 2.45) is 0 Å². The number of aromatic nitrogens is 1. The highest BCUT2D eigenvalue weighted by Gasteiger charge is 2.12. The van der Waals surface area contributed by atoms with E-state index in [2.05, 4.69) is 10.3 Å². The van der Waals surface area contributed by atoms with Crippen molar-refractivity contribution in [2.45, 2.75) is 20.4 Å². The molecule has 1 aromatic carbocycles. The van der Waals surface area contributed by atoms with Crippen LogP contribution in [-0.2, 0) is 0 Å². The Morgan fingerprint density at radius 1 is 1.13 bits per heavy atom. The summed E-state index contributed by atoms with van der Waals surface area (Å²) in [6.07, 6.45) is 3.38. The van der Waals surface area contributed by atoms with Crippen molar-refractivity contribution in [3.8, 4) is 10.4 Å². The third-order valence-electron chi connectivity index (χ3n) is 3.45. The molecule has 0 fully saturated rings. The SMILES string of the molecule is C.C[C@@H](NC(=O)c1cncc(-c2cccs2)c1)c1ccccc1. The number of carbonyl (C=O) groups is 1. The number of thiophene rings is 1. The predicted molar refractivity (Wildman–Crippen MR) is 96.6 cm³/mol. The maximum absolute atomic E-state index is 12.4. The van der Waals surface area contributed by atoms with Gasteiger partial charge in [0, 0.05) is 22.8 Å².